The minimum absolute atomic E-state index is 0.0794. The van der Waals surface area contributed by atoms with Gasteiger partial charge in [-0.15, -0.1) is 0 Å². The molecule has 0 aliphatic carbocycles. The Hall–Kier alpha value is -2.13. The number of ether oxygens (including phenoxy) is 2. The molecule has 30 heavy (non-hydrogen) atoms. The molecule has 2 aromatic carbocycles. The van der Waals surface area contributed by atoms with Gasteiger partial charge in [-0.3, -0.25) is 0 Å². The number of nitrogens with one attached hydrogen (secondary N) is 1. The van der Waals surface area contributed by atoms with E-state index in [1.807, 2.05) is 38.2 Å². The van der Waals surface area contributed by atoms with Crippen LogP contribution in [0.2, 0.25) is 0 Å². The molecule has 164 valence electrons. The van der Waals surface area contributed by atoms with Crippen LogP contribution in [0.5, 0.6) is 11.5 Å². The van der Waals surface area contributed by atoms with Gasteiger partial charge in [-0.25, -0.2) is 8.42 Å². The Balaban J connectivity index is 2.17. The first-order valence-corrected chi connectivity index (χ1v) is 11.5. The van der Waals surface area contributed by atoms with Crippen LogP contribution in [0.1, 0.15) is 13.8 Å². The molecule has 8 heteroatoms. The van der Waals surface area contributed by atoms with E-state index < -0.39 is 16.1 Å². The van der Waals surface area contributed by atoms with E-state index in [9.17, 15) is 13.5 Å². The molecule has 0 aromatic heterocycles. The summed E-state index contributed by atoms with van der Waals surface area (Å²) in [6.07, 6.45) is -0.231. The van der Waals surface area contributed by atoms with E-state index in [1.54, 1.807) is 32.2 Å². The van der Waals surface area contributed by atoms with Crippen molar-refractivity contribution in [1.29, 1.82) is 0 Å². The van der Waals surface area contributed by atoms with Crippen molar-refractivity contribution in [3.63, 3.8) is 0 Å². The van der Waals surface area contributed by atoms with Crippen molar-refractivity contribution in [2.75, 3.05) is 33.9 Å². The molecule has 0 saturated carbocycles. The van der Waals surface area contributed by atoms with Crippen molar-refractivity contribution in [3.8, 4) is 22.6 Å². The van der Waals surface area contributed by atoms with Gasteiger partial charge >= 0.3 is 0 Å². The number of hydrogen-bond acceptors (Lipinski definition) is 6. The highest BCUT2D eigenvalue weighted by molar-refractivity contribution is 7.89. The molecule has 0 unspecified atom stereocenters. The molecule has 1 aliphatic rings. The molecule has 2 aromatic rings. The Morgan fingerprint density at radius 3 is 2.70 bits per heavy atom. The maximum Gasteiger partial charge on any atom is 0.247 e. The molecule has 0 amide bonds. The largest absolute Gasteiger partial charge is 0.496 e. The molecule has 0 saturated heterocycles. The van der Waals surface area contributed by atoms with Crippen molar-refractivity contribution in [3.05, 3.63) is 42.5 Å². The van der Waals surface area contributed by atoms with Crippen molar-refractivity contribution < 1.29 is 23.0 Å². The lowest BCUT2D eigenvalue weighted by Crippen LogP contribution is -2.49. The van der Waals surface area contributed by atoms with Gasteiger partial charge in [-0.05, 0) is 37.7 Å². The van der Waals surface area contributed by atoms with Crippen LogP contribution in [0.15, 0.2) is 47.4 Å². The lowest BCUT2D eigenvalue weighted by molar-refractivity contribution is 0.103. The van der Waals surface area contributed by atoms with E-state index >= 15 is 0 Å². The van der Waals surface area contributed by atoms with Crippen LogP contribution in [0, 0.1) is 5.92 Å². The van der Waals surface area contributed by atoms with E-state index in [0.717, 1.165) is 11.1 Å². The normalized spacial score (nSPS) is 22.3. The lowest BCUT2D eigenvalue weighted by Gasteiger charge is -2.36. The van der Waals surface area contributed by atoms with E-state index in [2.05, 4.69) is 5.32 Å². The summed E-state index contributed by atoms with van der Waals surface area (Å²) < 4.78 is 40.0. The van der Waals surface area contributed by atoms with Crippen LogP contribution in [0.4, 0.5) is 0 Å². The van der Waals surface area contributed by atoms with Crippen LogP contribution in [0.25, 0.3) is 11.1 Å². The fourth-order valence-corrected chi connectivity index (χ4v) is 5.55. The molecule has 7 nitrogen and oxygen atoms in total. The molecule has 0 spiro atoms. The van der Waals surface area contributed by atoms with Crippen LogP contribution >= 0.6 is 0 Å². The third-order valence-electron chi connectivity index (χ3n) is 5.49. The number of nitrogens with zero attached hydrogens (tertiary/aromatic N) is 1. The molecule has 1 aliphatic heterocycles. The number of rotatable bonds is 6. The average molecular weight is 435 g/mol. The van der Waals surface area contributed by atoms with Gasteiger partial charge in [-0.2, -0.15) is 4.31 Å². The predicted molar refractivity (Wildman–Crippen MR) is 116 cm³/mol. The van der Waals surface area contributed by atoms with Crippen molar-refractivity contribution in [2.24, 2.45) is 5.92 Å². The maximum absolute atomic E-state index is 13.5. The third-order valence-corrected chi connectivity index (χ3v) is 7.51. The zero-order valence-electron chi connectivity index (χ0n) is 17.8. The maximum atomic E-state index is 13.5. The first-order chi connectivity index (χ1) is 14.3. The highest BCUT2D eigenvalue weighted by atomic mass is 32.2. The monoisotopic (exact) mass is 434 g/mol. The number of aliphatic hydroxyl groups excluding tert-OH is 1. The van der Waals surface area contributed by atoms with Crippen molar-refractivity contribution in [1.82, 2.24) is 9.62 Å². The van der Waals surface area contributed by atoms with Gasteiger partial charge in [0.15, 0.2) is 0 Å². The Labute approximate surface area is 178 Å². The van der Waals surface area contributed by atoms with E-state index in [0.29, 0.717) is 18.0 Å². The minimum Gasteiger partial charge on any atom is -0.496 e. The van der Waals surface area contributed by atoms with Gasteiger partial charge in [0.05, 0.1) is 13.7 Å². The Kier molecular flexibility index (Phi) is 7.02. The Morgan fingerprint density at radius 2 is 2.03 bits per heavy atom. The highest BCUT2D eigenvalue weighted by Crippen LogP contribution is 2.38. The standard InChI is InChI=1S/C22H30N2O5S/c1-15-13-24(16(2)14-25)30(26,27)22-10-9-17(11-20(22)29-21(15)12-23-3)18-7-5-6-8-19(18)28-4/h5-11,15-16,21,23,25H,12-14H2,1-4H3/t15-,16+,21+/m0/s1. The van der Waals surface area contributed by atoms with Gasteiger partial charge < -0.3 is 19.9 Å². The number of para-hydroxylation sites is 1. The van der Waals surface area contributed by atoms with Crippen LogP contribution in [-0.2, 0) is 10.0 Å². The lowest BCUT2D eigenvalue weighted by atomic mass is 10.0. The predicted octanol–water partition coefficient (Wildman–Crippen LogP) is 2.35. The van der Waals surface area contributed by atoms with Gasteiger partial charge in [0, 0.05) is 30.6 Å². The van der Waals surface area contributed by atoms with E-state index in [4.69, 9.17) is 9.47 Å². The molecular weight excluding hydrogens is 404 g/mol. The second-order valence-electron chi connectivity index (χ2n) is 7.66. The summed E-state index contributed by atoms with van der Waals surface area (Å²) in [4.78, 5) is 0.106. The van der Waals surface area contributed by atoms with Gasteiger partial charge in [0.1, 0.15) is 22.5 Å². The summed E-state index contributed by atoms with van der Waals surface area (Å²) in [5.41, 5.74) is 1.66. The quantitative estimate of drug-likeness (QED) is 0.726. The summed E-state index contributed by atoms with van der Waals surface area (Å²) in [6.45, 7) is 4.26. The highest BCUT2D eigenvalue weighted by Gasteiger charge is 2.37. The first kappa shape index (κ1) is 22.6. The summed E-state index contributed by atoms with van der Waals surface area (Å²) in [6, 6.07) is 12.1. The average Bonchev–Trinajstić information content (AvgIpc) is 2.75. The molecule has 1 heterocycles. The second-order valence-corrected chi connectivity index (χ2v) is 9.52. The summed E-state index contributed by atoms with van der Waals surface area (Å²) in [7, 11) is -0.401. The minimum atomic E-state index is -3.84. The molecule has 3 atom stereocenters. The van der Waals surface area contributed by atoms with Crippen LogP contribution < -0.4 is 14.8 Å². The first-order valence-electron chi connectivity index (χ1n) is 10.0. The fourth-order valence-electron chi connectivity index (χ4n) is 3.72. The molecule has 0 bridgehead atoms. The molecule has 0 fully saturated rings. The fraction of sp³-hybridized carbons (Fsp3) is 0.455. The van der Waals surface area contributed by atoms with Crippen molar-refractivity contribution >= 4 is 10.0 Å². The molecule has 0 radical (unpaired) electrons. The van der Waals surface area contributed by atoms with Crippen molar-refractivity contribution in [2.45, 2.75) is 30.9 Å². The number of likely N-dealkylation sites (N-methyl/N-ethyl adjacent to an activating group) is 1. The van der Waals surface area contributed by atoms with Crippen LogP contribution in [-0.4, -0.2) is 63.8 Å². The van der Waals surface area contributed by atoms with Gasteiger partial charge in [-0.1, -0.05) is 31.2 Å². The smallest absolute Gasteiger partial charge is 0.247 e. The number of methoxy groups -OCH3 is 1. The van der Waals surface area contributed by atoms with Gasteiger partial charge in [0.2, 0.25) is 10.0 Å². The Morgan fingerprint density at radius 1 is 1.30 bits per heavy atom. The second kappa shape index (κ2) is 9.34. The van der Waals surface area contributed by atoms with E-state index in [1.165, 1.54) is 4.31 Å². The number of hydrogen-bond donors (Lipinski definition) is 2. The third kappa shape index (κ3) is 4.32. The number of sulfonamides is 1. The van der Waals surface area contributed by atoms with Gasteiger partial charge in [0.25, 0.3) is 0 Å². The van der Waals surface area contributed by atoms with E-state index in [-0.39, 0.29) is 30.1 Å². The number of fused-ring (bicyclic) bond motifs is 1. The summed E-state index contributed by atoms with van der Waals surface area (Å²) >= 11 is 0. The summed E-state index contributed by atoms with van der Waals surface area (Å²) in [5, 5.41) is 12.8. The molecular formula is C22H30N2O5S. The van der Waals surface area contributed by atoms with Crippen LogP contribution in [0.3, 0.4) is 0 Å². The molecule has 2 N–H and O–H groups in total. The zero-order valence-corrected chi connectivity index (χ0v) is 18.6. The zero-order chi connectivity index (χ0) is 21.9. The molecule has 3 rings (SSSR count). The SMILES string of the molecule is CNC[C@H]1Oc2cc(-c3ccccc3OC)ccc2S(=O)(=O)N([C@H](C)CO)C[C@@H]1C. The summed E-state index contributed by atoms with van der Waals surface area (Å²) in [5.74, 6) is 0.923. The number of benzene rings is 2. The Bertz CT molecular complexity index is 979. The topological polar surface area (TPSA) is 88.1 Å². The number of aliphatic hydroxyl groups is 1.